The van der Waals surface area contributed by atoms with Crippen LogP contribution in [0, 0.1) is 12.7 Å². The summed E-state index contributed by atoms with van der Waals surface area (Å²) in [6.07, 6.45) is 0.0623. The summed E-state index contributed by atoms with van der Waals surface area (Å²) in [6.45, 7) is 2.05. The molecule has 0 aromatic heterocycles. The van der Waals surface area contributed by atoms with Crippen LogP contribution in [0.3, 0.4) is 0 Å². The Morgan fingerprint density at radius 1 is 1.48 bits per heavy atom. The normalized spacial score (nSPS) is 21.6. The van der Waals surface area contributed by atoms with Gasteiger partial charge in [0.2, 0.25) is 0 Å². The summed E-state index contributed by atoms with van der Waals surface area (Å²) in [5, 5.41) is 8.95. The van der Waals surface area contributed by atoms with Crippen LogP contribution >= 0.6 is 0 Å². The Labute approximate surface area is 122 Å². The van der Waals surface area contributed by atoms with E-state index in [1.54, 1.807) is 13.0 Å². The highest BCUT2D eigenvalue weighted by Gasteiger charge is 2.37. The Hall–Kier alpha value is -1.95. The van der Waals surface area contributed by atoms with Crippen molar-refractivity contribution in [3.63, 3.8) is 0 Å². The number of methoxy groups -OCH3 is 1. The number of carbonyl (C=O) groups is 2. The highest BCUT2D eigenvalue weighted by Crippen LogP contribution is 2.25. The van der Waals surface area contributed by atoms with Gasteiger partial charge in [-0.15, -0.1) is 0 Å². The molecule has 2 rings (SSSR count). The smallest absolute Gasteiger partial charge is 0.305 e. The molecule has 0 radical (unpaired) electrons. The Kier molecular flexibility index (Phi) is 4.57. The van der Waals surface area contributed by atoms with Crippen molar-refractivity contribution in [3.8, 4) is 0 Å². The third-order valence-electron chi connectivity index (χ3n) is 3.73. The van der Waals surface area contributed by atoms with Crippen LogP contribution in [0.15, 0.2) is 18.2 Å². The minimum absolute atomic E-state index is 0.0258. The zero-order valence-corrected chi connectivity index (χ0v) is 12.0. The highest BCUT2D eigenvalue weighted by molar-refractivity contribution is 5.95. The first-order valence-corrected chi connectivity index (χ1v) is 6.74. The molecular formula is C15H18FNO4. The molecule has 21 heavy (non-hydrogen) atoms. The van der Waals surface area contributed by atoms with Crippen molar-refractivity contribution in [2.75, 3.05) is 13.7 Å². The minimum Gasteiger partial charge on any atom is -0.481 e. The predicted octanol–water partition coefficient (Wildman–Crippen LogP) is 1.84. The van der Waals surface area contributed by atoms with Gasteiger partial charge in [0.15, 0.2) is 0 Å². The van der Waals surface area contributed by atoms with Gasteiger partial charge in [-0.3, -0.25) is 9.59 Å². The second kappa shape index (κ2) is 6.22. The van der Waals surface area contributed by atoms with Gasteiger partial charge in [0.25, 0.3) is 5.91 Å². The van der Waals surface area contributed by atoms with Gasteiger partial charge in [-0.05, 0) is 25.5 Å². The molecule has 1 N–H and O–H groups in total. The Balaban J connectivity index is 2.26. The molecule has 1 aromatic carbocycles. The van der Waals surface area contributed by atoms with E-state index in [-0.39, 0.29) is 24.6 Å². The molecule has 1 aliphatic rings. The van der Waals surface area contributed by atoms with Gasteiger partial charge in [-0.1, -0.05) is 11.6 Å². The quantitative estimate of drug-likeness (QED) is 0.920. The largest absolute Gasteiger partial charge is 0.481 e. The molecule has 1 aliphatic heterocycles. The second-order valence-corrected chi connectivity index (χ2v) is 5.29. The Bertz CT molecular complexity index is 561. The molecule has 0 bridgehead atoms. The fourth-order valence-electron chi connectivity index (χ4n) is 2.65. The maximum atomic E-state index is 13.8. The van der Waals surface area contributed by atoms with E-state index in [1.807, 2.05) is 0 Å². The van der Waals surface area contributed by atoms with Crippen LogP contribution in [0.4, 0.5) is 4.39 Å². The van der Waals surface area contributed by atoms with Crippen LogP contribution < -0.4 is 0 Å². The number of likely N-dealkylation sites (tertiary alicyclic amines) is 1. The Morgan fingerprint density at radius 2 is 2.19 bits per heavy atom. The van der Waals surface area contributed by atoms with Crippen molar-refractivity contribution in [2.45, 2.75) is 31.9 Å². The first-order valence-electron chi connectivity index (χ1n) is 6.74. The number of hydrogen-bond acceptors (Lipinski definition) is 3. The lowest BCUT2D eigenvalue weighted by Crippen LogP contribution is -2.37. The monoisotopic (exact) mass is 295 g/mol. The zero-order chi connectivity index (χ0) is 15.6. The highest BCUT2D eigenvalue weighted by atomic mass is 19.1. The topological polar surface area (TPSA) is 66.8 Å². The number of nitrogens with zero attached hydrogens (tertiary/aromatic N) is 1. The van der Waals surface area contributed by atoms with Crippen LogP contribution in [0.5, 0.6) is 0 Å². The molecule has 2 unspecified atom stereocenters. The van der Waals surface area contributed by atoms with E-state index in [4.69, 9.17) is 9.84 Å². The third kappa shape index (κ3) is 3.39. The molecule has 2 atom stereocenters. The van der Waals surface area contributed by atoms with Crippen molar-refractivity contribution in [2.24, 2.45) is 0 Å². The number of aliphatic carboxylic acids is 1. The first kappa shape index (κ1) is 15.4. The van der Waals surface area contributed by atoms with Crippen molar-refractivity contribution in [1.82, 2.24) is 4.90 Å². The summed E-state index contributed by atoms with van der Waals surface area (Å²) in [4.78, 5) is 24.8. The van der Waals surface area contributed by atoms with E-state index in [2.05, 4.69) is 0 Å². The van der Waals surface area contributed by atoms with Crippen molar-refractivity contribution < 1.29 is 23.8 Å². The van der Waals surface area contributed by atoms with E-state index < -0.39 is 23.7 Å². The third-order valence-corrected chi connectivity index (χ3v) is 3.73. The maximum absolute atomic E-state index is 13.8. The molecule has 1 aromatic rings. The van der Waals surface area contributed by atoms with Gasteiger partial charge in [-0.2, -0.15) is 0 Å². The van der Waals surface area contributed by atoms with Crippen LogP contribution in [0.25, 0.3) is 0 Å². The lowest BCUT2D eigenvalue weighted by atomic mass is 10.1. The average molecular weight is 295 g/mol. The van der Waals surface area contributed by atoms with Gasteiger partial charge in [0, 0.05) is 19.7 Å². The van der Waals surface area contributed by atoms with Gasteiger partial charge >= 0.3 is 5.97 Å². The molecule has 1 amide bonds. The Morgan fingerprint density at radius 3 is 2.81 bits per heavy atom. The molecule has 1 saturated heterocycles. The molecule has 0 spiro atoms. The first-order chi connectivity index (χ1) is 9.92. The molecule has 114 valence electrons. The molecule has 1 heterocycles. The van der Waals surface area contributed by atoms with Crippen molar-refractivity contribution in [1.29, 1.82) is 0 Å². The number of aryl methyl sites for hydroxylation is 1. The van der Waals surface area contributed by atoms with Crippen LogP contribution in [-0.2, 0) is 9.53 Å². The molecular weight excluding hydrogens is 277 g/mol. The lowest BCUT2D eigenvalue weighted by molar-refractivity contribution is -0.137. The van der Waals surface area contributed by atoms with E-state index in [9.17, 15) is 14.0 Å². The summed E-state index contributed by atoms with van der Waals surface area (Å²) in [5.74, 6) is -2.07. The summed E-state index contributed by atoms with van der Waals surface area (Å²) >= 11 is 0. The number of amides is 1. The molecule has 0 saturated carbocycles. The predicted molar refractivity (Wildman–Crippen MR) is 73.6 cm³/mol. The van der Waals surface area contributed by atoms with E-state index in [0.29, 0.717) is 6.42 Å². The zero-order valence-electron chi connectivity index (χ0n) is 12.0. The van der Waals surface area contributed by atoms with Crippen molar-refractivity contribution >= 4 is 11.9 Å². The standard InChI is InChI=1S/C15H18FNO4/c1-9-3-4-13(16)12(5-9)15(20)17-8-11(21-2)6-10(17)7-14(18)19/h3-5,10-11H,6-8H2,1-2H3,(H,18,19). The van der Waals surface area contributed by atoms with Gasteiger partial charge < -0.3 is 14.7 Å². The molecule has 1 fully saturated rings. The van der Waals surface area contributed by atoms with Crippen LogP contribution in [0.1, 0.15) is 28.8 Å². The maximum Gasteiger partial charge on any atom is 0.305 e. The number of rotatable bonds is 4. The number of ether oxygens (including phenoxy) is 1. The number of hydrogen-bond donors (Lipinski definition) is 1. The number of carbonyl (C=O) groups excluding carboxylic acids is 1. The fraction of sp³-hybridized carbons (Fsp3) is 0.467. The summed E-state index contributed by atoms with van der Waals surface area (Å²) in [5.41, 5.74) is 0.749. The van der Waals surface area contributed by atoms with Gasteiger partial charge in [0.1, 0.15) is 5.82 Å². The average Bonchev–Trinajstić information content (AvgIpc) is 2.83. The van der Waals surface area contributed by atoms with E-state index >= 15 is 0 Å². The summed E-state index contributed by atoms with van der Waals surface area (Å²) < 4.78 is 19.1. The molecule has 0 aliphatic carbocycles. The number of benzene rings is 1. The molecule has 6 heteroatoms. The van der Waals surface area contributed by atoms with Crippen LogP contribution in [-0.4, -0.2) is 47.7 Å². The minimum atomic E-state index is -0.987. The van der Waals surface area contributed by atoms with E-state index in [0.717, 1.165) is 5.56 Å². The summed E-state index contributed by atoms with van der Waals surface area (Å²) in [7, 11) is 1.52. The van der Waals surface area contributed by atoms with Crippen molar-refractivity contribution in [3.05, 3.63) is 35.1 Å². The number of carboxylic acid groups (broad SMARTS) is 1. The van der Waals surface area contributed by atoms with E-state index in [1.165, 1.54) is 24.1 Å². The van der Waals surface area contributed by atoms with Gasteiger partial charge in [-0.25, -0.2) is 4.39 Å². The number of halogens is 1. The van der Waals surface area contributed by atoms with Crippen LogP contribution in [0.2, 0.25) is 0 Å². The lowest BCUT2D eigenvalue weighted by Gasteiger charge is -2.23. The summed E-state index contributed by atoms with van der Waals surface area (Å²) in [6, 6.07) is 3.84. The van der Waals surface area contributed by atoms with Gasteiger partial charge in [0.05, 0.1) is 18.1 Å². The molecule has 5 nitrogen and oxygen atoms in total. The SMILES string of the molecule is COC1CC(CC(=O)O)N(C(=O)c2cc(C)ccc2F)C1. The second-order valence-electron chi connectivity index (χ2n) is 5.29. The fourth-order valence-corrected chi connectivity index (χ4v) is 2.65. The number of carboxylic acids is 1.